The predicted molar refractivity (Wildman–Crippen MR) is 116 cm³/mol. The van der Waals surface area contributed by atoms with Crippen molar-refractivity contribution in [1.82, 2.24) is 19.5 Å². The number of likely N-dealkylation sites (N-methyl/N-ethyl adjacent to an activating group) is 1. The van der Waals surface area contributed by atoms with Crippen LogP contribution in [-0.4, -0.2) is 58.5 Å². The summed E-state index contributed by atoms with van der Waals surface area (Å²) in [5.74, 6) is 0.607. The van der Waals surface area contributed by atoms with E-state index in [9.17, 15) is 9.59 Å². The highest BCUT2D eigenvalue weighted by molar-refractivity contribution is 6.30. The molecule has 8 nitrogen and oxygen atoms in total. The number of nitrogens with zero attached hydrogens (tertiary/aromatic N) is 5. The Labute approximate surface area is 179 Å². The lowest BCUT2D eigenvalue weighted by Gasteiger charge is -2.18. The molecule has 1 aromatic carbocycles. The summed E-state index contributed by atoms with van der Waals surface area (Å²) in [6, 6.07) is 8.84. The topological polar surface area (TPSA) is 82.8 Å². The van der Waals surface area contributed by atoms with E-state index in [0.29, 0.717) is 41.4 Å². The zero-order valence-corrected chi connectivity index (χ0v) is 17.8. The van der Waals surface area contributed by atoms with E-state index in [1.807, 2.05) is 36.9 Å². The van der Waals surface area contributed by atoms with E-state index in [-0.39, 0.29) is 17.7 Å². The molecule has 0 aliphatic carbocycles. The van der Waals surface area contributed by atoms with Gasteiger partial charge in [-0.05, 0) is 31.2 Å². The van der Waals surface area contributed by atoms with Crippen LogP contribution in [0.4, 0.5) is 11.5 Å². The van der Waals surface area contributed by atoms with E-state index in [1.54, 1.807) is 28.8 Å². The average Bonchev–Trinajstić information content (AvgIpc) is 3.32. The van der Waals surface area contributed by atoms with E-state index in [2.05, 4.69) is 10.4 Å². The summed E-state index contributed by atoms with van der Waals surface area (Å²) in [6.07, 6.45) is 1.94. The lowest BCUT2D eigenvalue weighted by Crippen LogP contribution is -2.24. The molecule has 1 fully saturated rings. The summed E-state index contributed by atoms with van der Waals surface area (Å²) < 4.78 is 1.65. The standard InChI is InChI=1S/C21H23ClN6O2/c1-4-27-12-13(9-19(27)29)17-10-18(26(2)3)28-20(25-17)16(11-23-28)21(30)24-15-7-5-14(22)6-8-15/h5-8,10-11,13H,4,9,12H2,1-3H3,(H,24,30)/t13-/m1/s1. The van der Waals surface area contributed by atoms with Crippen molar-refractivity contribution in [1.29, 1.82) is 0 Å². The summed E-state index contributed by atoms with van der Waals surface area (Å²) in [4.78, 5) is 33.6. The number of benzene rings is 1. The van der Waals surface area contributed by atoms with Crippen molar-refractivity contribution < 1.29 is 9.59 Å². The molecule has 3 heterocycles. The monoisotopic (exact) mass is 426 g/mol. The molecule has 0 saturated carbocycles. The van der Waals surface area contributed by atoms with Gasteiger partial charge in [0.1, 0.15) is 11.4 Å². The number of likely N-dealkylation sites (tertiary alicyclic amines) is 1. The third kappa shape index (κ3) is 3.70. The Kier molecular flexibility index (Phi) is 5.34. The van der Waals surface area contributed by atoms with E-state index in [1.165, 1.54) is 6.20 Å². The normalized spacial score (nSPS) is 16.3. The molecule has 4 rings (SSSR count). The van der Waals surface area contributed by atoms with Gasteiger partial charge in [-0.25, -0.2) is 4.98 Å². The number of hydrogen-bond acceptors (Lipinski definition) is 5. The van der Waals surface area contributed by atoms with Gasteiger partial charge in [-0.15, -0.1) is 0 Å². The molecule has 2 amide bonds. The molecule has 1 N–H and O–H groups in total. The number of nitrogens with one attached hydrogen (secondary N) is 1. The van der Waals surface area contributed by atoms with Crippen molar-refractivity contribution in [3.05, 3.63) is 52.8 Å². The zero-order valence-electron chi connectivity index (χ0n) is 17.1. The van der Waals surface area contributed by atoms with Crippen LogP contribution >= 0.6 is 11.6 Å². The van der Waals surface area contributed by atoms with Gasteiger partial charge < -0.3 is 15.1 Å². The molecule has 0 radical (unpaired) electrons. The van der Waals surface area contributed by atoms with Gasteiger partial charge in [0.05, 0.1) is 11.9 Å². The minimum atomic E-state index is -0.306. The molecule has 30 heavy (non-hydrogen) atoms. The predicted octanol–water partition coefficient (Wildman–Crippen LogP) is 3.04. The number of amides is 2. The second-order valence-electron chi connectivity index (χ2n) is 7.52. The number of fused-ring (bicyclic) bond motifs is 1. The number of carbonyl (C=O) groups excluding carboxylic acids is 2. The maximum atomic E-state index is 12.9. The molecule has 1 aliphatic rings. The highest BCUT2D eigenvalue weighted by Gasteiger charge is 2.31. The summed E-state index contributed by atoms with van der Waals surface area (Å²) in [5.41, 5.74) is 2.25. The highest BCUT2D eigenvalue weighted by Crippen LogP contribution is 2.30. The fraction of sp³-hybridized carbons (Fsp3) is 0.333. The number of aromatic nitrogens is 3. The second-order valence-corrected chi connectivity index (χ2v) is 7.96. The first-order chi connectivity index (χ1) is 14.4. The Balaban J connectivity index is 1.73. The van der Waals surface area contributed by atoms with Gasteiger partial charge in [-0.1, -0.05) is 11.6 Å². The number of carbonyl (C=O) groups is 2. The van der Waals surface area contributed by atoms with E-state index in [0.717, 1.165) is 11.5 Å². The van der Waals surface area contributed by atoms with E-state index < -0.39 is 0 Å². The quantitative estimate of drug-likeness (QED) is 0.678. The van der Waals surface area contributed by atoms with Crippen LogP contribution in [-0.2, 0) is 4.79 Å². The summed E-state index contributed by atoms with van der Waals surface area (Å²) in [5, 5.41) is 7.84. The van der Waals surface area contributed by atoms with Crippen molar-refractivity contribution >= 4 is 40.6 Å². The molecule has 9 heteroatoms. The lowest BCUT2D eigenvalue weighted by atomic mass is 10.0. The third-order valence-corrected chi connectivity index (χ3v) is 5.54. The lowest BCUT2D eigenvalue weighted by molar-refractivity contribution is -0.127. The van der Waals surface area contributed by atoms with Crippen LogP contribution in [0.2, 0.25) is 5.02 Å². The van der Waals surface area contributed by atoms with Crippen LogP contribution in [0.5, 0.6) is 0 Å². The first kappa shape index (κ1) is 20.2. The van der Waals surface area contributed by atoms with Crippen molar-refractivity contribution in [2.24, 2.45) is 0 Å². The van der Waals surface area contributed by atoms with E-state index in [4.69, 9.17) is 16.6 Å². The third-order valence-electron chi connectivity index (χ3n) is 5.29. The Morgan fingerprint density at radius 1 is 1.30 bits per heavy atom. The zero-order chi connectivity index (χ0) is 21.4. The second kappa shape index (κ2) is 7.95. The molecular weight excluding hydrogens is 404 g/mol. The minimum absolute atomic E-state index is 0.0109. The summed E-state index contributed by atoms with van der Waals surface area (Å²) in [7, 11) is 3.82. The SMILES string of the molecule is CCN1C[C@H](c2cc(N(C)C)n3ncc(C(=O)Nc4ccc(Cl)cc4)c3n2)CC1=O. The van der Waals surface area contributed by atoms with Crippen molar-refractivity contribution in [3.8, 4) is 0 Å². The molecular formula is C21H23ClN6O2. The molecule has 0 spiro atoms. The molecule has 1 saturated heterocycles. The van der Waals surface area contributed by atoms with Gasteiger partial charge in [-0.2, -0.15) is 9.61 Å². The van der Waals surface area contributed by atoms with E-state index >= 15 is 0 Å². The van der Waals surface area contributed by atoms with Crippen LogP contribution in [0.3, 0.4) is 0 Å². The summed E-state index contributed by atoms with van der Waals surface area (Å²) in [6.45, 7) is 3.28. The first-order valence-electron chi connectivity index (χ1n) is 9.78. The van der Waals surface area contributed by atoms with Gasteiger partial charge in [0.15, 0.2) is 5.65 Å². The number of halogens is 1. The van der Waals surface area contributed by atoms with Crippen LogP contribution in [0.15, 0.2) is 36.5 Å². The van der Waals surface area contributed by atoms with Crippen molar-refractivity contribution in [3.63, 3.8) is 0 Å². The van der Waals surface area contributed by atoms with Gasteiger partial charge in [0, 0.05) is 56.3 Å². The van der Waals surface area contributed by atoms with Gasteiger partial charge in [0.25, 0.3) is 5.91 Å². The largest absolute Gasteiger partial charge is 0.363 e. The summed E-state index contributed by atoms with van der Waals surface area (Å²) >= 11 is 5.92. The maximum absolute atomic E-state index is 12.9. The average molecular weight is 427 g/mol. The Bertz CT molecular complexity index is 1110. The Morgan fingerprint density at radius 3 is 2.67 bits per heavy atom. The van der Waals surface area contributed by atoms with Gasteiger partial charge in [0.2, 0.25) is 5.91 Å². The fourth-order valence-corrected chi connectivity index (χ4v) is 3.79. The maximum Gasteiger partial charge on any atom is 0.261 e. The number of anilines is 2. The van der Waals surface area contributed by atoms with Gasteiger partial charge >= 0.3 is 0 Å². The van der Waals surface area contributed by atoms with Crippen molar-refractivity contribution in [2.75, 3.05) is 37.4 Å². The molecule has 3 aromatic rings. The van der Waals surface area contributed by atoms with Crippen LogP contribution < -0.4 is 10.2 Å². The molecule has 0 bridgehead atoms. The minimum Gasteiger partial charge on any atom is -0.363 e. The fourth-order valence-electron chi connectivity index (χ4n) is 3.66. The smallest absolute Gasteiger partial charge is 0.261 e. The molecule has 2 aromatic heterocycles. The van der Waals surface area contributed by atoms with Gasteiger partial charge in [-0.3, -0.25) is 9.59 Å². The number of rotatable bonds is 5. The molecule has 1 atom stereocenters. The first-order valence-corrected chi connectivity index (χ1v) is 10.2. The van der Waals surface area contributed by atoms with Crippen LogP contribution in [0.25, 0.3) is 5.65 Å². The Morgan fingerprint density at radius 2 is 2.03 bits per heavy atom. The van der Waals surface area contributed by atoms with Crippen molar-refractivity contribution in [2.45, 2.75) is 19.3 Å². The Hall–Kier alpha value is -3.13. The van der Waals surface area contributed by atoms with Crippen LogP contribution in [0.1, 0.15) is 35.3 Å². The molecule has 156 valence electrons. The molecule has 0 unspecified atom stereocenters. The molecule has 1 aliphatic heterocycles. The number of hydrogen-bond donors (Lipinski definition) is 1. The van der Waals surface area contributed by atoms with Crippen LogP contribution in [0, 0.1) is 0 Å². The highest BCUT2D eigenvalue weighted by atomic mass is 35.5.